The van der Waals surface area contributed by atoms with Crippen LogP contribution in [0.2, 0.25) is 0 Å². The molecule has 0 spiro atoms. The summed E-state index contributed by atoms with van der Waals surface area (Å²) in [6.07, 6.45) is 2.14. The molecule has 25 heavy (non-hydrogen) atoms. The van der Waals surface area contributed by atoms with Crippen molar-refractivity contribution >= 4 is 22.8 Å². The van der Waals surface area contributed by atoms with Crippen molar-refractivity contribution in [3.63, 3.8) is 0 Å². The predicted octanol–water partition coefficient (Wildman–Crippen LogP) is 2.29. The first-order chi connectivity index (χ1) is 11.7. The number of fused-ring (bicyclic) bond motifs is 1. The largest absolute Gasteiger partial charge is 0.479 e. The van der Waals surface area contributed by atoms with E-state index in [0.717, 1.165) is 47.5 Å². The molecule has 132 valence electrons. The quantitative estimate of drug-likeness (QED) is 0.774. The van der Waals surface area contributed by atoms with E-state index in [1.807, 2.05) is 26.0 Å². The number of nitrogens with one attached hydrogen (secondary N) is 1. The Balaban J connectivity index is 2.01. The maximum absolute atomic E-state index is 12.7. The summed E-state index contributed by atoms with van der Waals surface area (Å²) >= 11 is 0. The van der Waals surface area contributed by atoms with Crippen LogP contribution in [-0.2, 0) is 4.79 Å². The van der Waals surface area contributed by atoms with Crippen molar-refractivity contribution in [2.75, 3.05) is 6.54 Å². The minimum atomic E-state index is -2.01. The lowest BCUT2D eigenvalue weighted by Gasteiger charge is -2.19. The van der Waals surface area contributed by atoms with Crippen LogP contribution < -0.4 is 5.32 Å². The van der Waals surface area contributed by atoms with Gasteiger partial charge in [0, 0.05) is 17.0 Å². The third-order valence-corrected chi connectivity index (χ3v) is 4.56. The average Bonchev–Trinajstić information content (AvgIpc) is 3.36. The summed E-state index contributed by atoms with van der Waals surface area (Å²) in [4.78, 5) is 28.4. The topological polar surface area (TPSA) is 99.5 Å². The van der Waals surface area contributed by atoms with Gasteiger partial charge in [0.2, 0.25) is 0 Å². The number of pyridine rings is 1. The molecule has 1 amide bonds. The highest BCUT2D eigenvalue weighted by Gasteiger charge is 2.31. The molecule has 1 saturated carbocycles. The van der Waals surface area contributed by atoms with Crippen LogP contribution in [0, 0.1) is 13.8 Å². The van der Waals surface area contributed by atoms with E-state index in [2.05, 4.69) is 5.32 Å². The minimum Gasteiger partial charge on any atom is -0.479 e. The molecule has 3 N–H and O–H groups in total. The summed E-state index contributed by atoms with van der Waals surface area (Å²) in [6, 6.07) is 5.74. The Morgan fingerprint density at radius 3 is 2.56 bits per heavy atom. The van der Waals surface area contributed by atoms with Gasteiger partial charge in [0.15, 0.2) is 5.60 Å². The SMILES string of the molecule is Cc1cc(C)c2nc(C3CC3)cc(C(=O)NCC(C)(O)C(=O)O)c2c1. The fourth-order valence-corrected chi connectivity index (χ4v) is 2.90. The van der Waals surface area contributed by atoms with Gasteiger partial charge < -0.3 is 15.5 Å². The van der Waals surface area contributed by atoms with Crippen molar-refractivity contribution in [3.05, 3.63) is 40.6 Å². The lowest BCUT2D eigenvalue weighted by atomic mass is 10.00. The first kappa shape index (κ1) is 17.4. The summed E-state index contributed by atoms with van der Waals surface area (Å²) in [6.45, 7) is 4.72. The summed E-state index contributed by atoms with van der Waals surface area (Å²) in [5.74, 6) is -1.39. The number of carbonyl (C=O) groups excluding carboxylic acids is 1. The zero-order valence-electron chi connectivity index (χ0n) is 14.6. The zero-order valence-corrected chi connectivity index (χ0v) is 14.6. The molecule has 6 heteroatoms. The maximum atomic E-state index is 12.7. The number of aliphatic hydroxyl groups is 1. The number of rotatable bonds is 5. The highest BCUT2D eigenvalue weighted by molar-refractivity contribution is 6.07. The van der Waals surface area contributed by atoms with Gasteiger partial charge in [-0.1, -0.05) is 11.6 Å². The molecule has 1 heterocycles. The lowest BCUT2D eigenvalue weighted by molar-refractivity contribution is -0.155. The number of hydrogen-bond acceptors (Lipinski definition) is 4. The van der Waals surface area contributed by atoms with Gasteiger partial charge in [0.05, 0.1) is 17.6 Å². The molecule has 6 nitrogen and oxygen atoms in total. The summed E-state index contributed by atoms with van der Waals surface area (Å²) in [5.41, 5.74) is 2.19. The van der Waals surface area contributed by atoms with Gasteiger partial charge in [0.1, 0.15) is 0 Å². The van der Waals surface area contributed by atoms with Crippen molar-refractivity contribution < 1.29 is 19.8 Å². The van der Waals surface area contributed by atoms with Gasteiger partial charge in [-0.15, -0.1) is 0 Å². The molecule has 0 aliphatic heterocycles. The van der Waals surface area contributed by atoms with E-state index < -0.39 is 17.5 Å². The Kier molecular flexibility index (Phi) is 4.24. The summed E-state index contributed by atoms with van der Waals surface area (Å²) in [5, 5.41) is 22.1. The normalized spacial score (nSPS) is 16.5. The third kappa shape index (κ3) is 3.49. The number of carbonyl (C=O) groups is 2. The van der Waals surface area contributed by atoms with Gasteiger partial charge in [-0.2, -0.15) is 0 Å². The molecular weight excluding hydrogens is 320 g/mol. The van der Waals surface area contributed by atoms with Gasteiger partial charge in [-0.3, -0.25) is 9.78 Å². The Bertz CT molecular complexity index is 869. The standard InChI is InChI=1S/C19H22N2O4/c1-10-6-11(2)16-13(7-10)14(8-15(21-16)12-4-5-12)17(22)20-9-19(3,25)18(23)24/h6-8,12,25H,4-5,9H2,1-3H3,(H,20,22)(H,23,24). The second-order valence-corrected chi connectivity index (χ2v) is 7.11. The number of aliphatic carboxylic acids is 1. The van der Waals surface area contributed by atoms with Crippen molar-refractivity contribution in [2.24, 2.45) is 0 Å². The summed E-state index contributed by atoms with van der Waals surface area (Å²) in [7, 11) is 0. The van der Waals surface area contributed by atoms with Gasteiger partial charge in [-0.05, 0) is 51.3 Å². The van der Waals surface area contributed by atoms with E-state index in [0.29, 0.717) is 11.5 Å². The van der Waals surface area contributed by atoms with Crippen molar-refractivity contribution in [1.29, 1.82) is 0 Å². The molecule has 1 atom stereocenters. The molecule has 3 rings (SSSR count). The zero-order chi connectivity index (χ0) is 18.4. The van der Waals surface area contributed by atoms with E-state index in [1.54, 1.807) is 6.07 Å². The number of nitrogens with zero attached hydrogens (tertiary/aromatic N) is 1. The molecular formula is C19H22N2O4. The molecule has 0 saturated heterocycles. The smallest absolute Gasteiger partial charge is 0.337 e. The second-order valence-electron chi connectivity index (χ2n) is 7.11. The number of aromatic nitrogens is 1. The number of hydrogen-bond donors (Lipinski definition) is 3. The monoisotopic (exact) mass is 342 g/mol. The van der Waals surface area contributed by atoms with Gasteiger partial charge >= 0.3 is 5.97 Å². The summed E-state index contributed by atoms with van der Waals surface area (Å²) < 4.78 is 0. The predicted molar refractivity (Wildman–Crippen MR) is 93.8 cm³/mol. The first-order valence-electron chi connectivity index (χ1n) is 8.35. The molecule has 1 aliphatic carbocycles. The van der Waals surface area contributed by atoms with Crippen LogP contribution in [0.3, 0.4) is 0 Å². The van der Waals surface area contributed by atoms with Crippen LogP contribution >= 0.6 is 0 Å². The van der Waals surface area contributed by atoms with Gasteiger partial charge in [0.25, 0.3) is 5.91 Å². The lowest BCUT2D eigenvalue weighted by Crippen LogP contribution is -2.46. The van der Waals surface area contributed by atoms with Crippen LogP contribution in [0.25, 0.3) is 10.9 Å². The van der Waals surface area contributed by atoms with Crippen LogP contribution in [0.1, 0.15) is 52.9 Å². The highest BCUT2D eigenvalue weighted by atomic mass is 16.4. The molecule has 2 aromatic rings. The minimum absolute atomic E-state index is 0.367. The third-order valence-electron chi connectivity index (χ3n) is 4.56. The molecule has 1 aromatic heterocycles. The van der Waals surface area contributed by atoms with E-state index in [9.17, 15) is 14.7 Å². The maximum Gasteiger partial charge on any atom is 0.337 e. The van der Waals surface area contributed by atoms with E-state index in [-0.39, 0.29) is 6.54 Å². The van der Waals surface area contributed by atoms with Crippen LogP contribution in [0.4, 0.5) is 0 Å². The van der Waals surface area contributed by atoms with E-state index >= 15 is 0 Å². The molecule has 1 aliphatic rings. The fraction of sp³-hybridized carbons (Fsp3) is 0.421. The van der Waals surface area contributed by atoms with E-state index in [4.69, 9.17) is 10.1 Å². The number of aryl methyl sites for hydroxylation is 2. The Morgan fingerprint density at radius 2 is 1.96 bits per heavy atom. The molecule has 1 unspecified atom stereocenters. The molecule has 1 fully saturated rings. The van der Waals surface area contributed by atoms with Crippen LogP contribution in [-0.4, -0.2) is 39.2 Å². The Morgan fingerprint density at radius 1 is 1.28 bits per heavy atom. The van der Waals surface area contributed by atoms with Crippen molar-refractivity contribution in [1.82, 2.24) is 10.3 Å². The number of carboxylic acids is 1. The molecule has 0 radical (unpaired) electrons. The van der Waals surface area contributed by atoms with Crippen molar-refractivity contribution in [2.45, 2.75) is 45.1 Å². The fourth-order valence-electron chi connectivity index (χ4n) is 2.90. The molecule has 1 aromatic carbocycles. The van der Waals surface area contributed by atoms with E-state index in [1.165, 1.54) is 0 Å². The van der Waals surface area contributed by atoms with Crippen LogP contribution in [0.15, 0.2) is 18.2 Å². The van der Waals surface area contributed by atoms with Crippen molar-refractivity contribution in [3.8, 4) is 0 Å². The Labute approximate surface area is 145 Å². The number of carboxylic acid groups (broad SMARTS) is 1. The number of amides is 1. The van der Waals surface area contributed by atoms with Gasteiger partial charge in [-0.25, -0.2) is 4.79 Å². The second kappa shape index (κ2) is 6.11. The van der Waals surface area contributed by atoms with Crippen LogP contribution in [0.5, 0.6) is 0 Å². The first-order valence-corrected chi connectivity index (χ1v) is 8.35. The molecule has 0 bridgehead atoms. The highest BCUT2D eigenvalue weighted by Crippen LogP contribution is 2.40. The average molecular weight is 342 g/mol. The Hall–Kier alpha value is -2.47. The number of benzene rings is 1.